The number of fused-ring (bicyclic) bond motifs is 1. The van der Waals surface area contributed by atoms with Crippen molar-refractivity contribution >= 4 is 38.4 Å². The van der Waals surface area contributed by atoms with Crippen LogP contribution in [-0.2, 0) is 10.0 Å². The van der Waals surface area contributed by atoms with Crippen LogP contribution < -0.4 is 10.0 Å². The third-order valence-electron chi connectivity index (χ3n) is 6.62. The summed E-state index contributed by atoms with van der Waals surface area (Å²) in [4.78, 5) is 31.2. The van der Waals surface area contributed by atoms with Crippen LogP contribution in [0.4, 0.5) is 10.5 Å². The van der Waals surface area contributed by atoms with Gasteiger partial charge in [0.05, 0.1) is 4.90 Å². The number of amides is 2. The van der Waals surface area contributed by atoms with E-state index in [4.69, 9.17) is 0 Å². The average Bonchev–Trinajstić information content (AvgIpc) is 3.44. The summed E-state index contributed by atoms with van der Waals surface area (Å²) in [6.45, 7) is 2.75. The lowest BCUT2D eigenvalue weighted by atomic mass is 10.1. The summed E-state index contributed by atoms with van der Waals surface area (Å²) in [6, 6.07) is 17.1. The lowest BCUT2D eigenvalue weighted by Gasteiger charge is -2.32. The van der Waals surface area contributed by atoms with Gasteiger partial charge in [0, 0.05) is 53.5 Å². The number of sulfonamides is 1. The van der Waals surface area contributed by atoms with Crippen LogP contribution in [0.2, 0.25) is 0 Å². The van der Waals surface area contributed by atoms with E-state index in [0.29, 0.717) is 48.0 Å². The van der Waals surface area contributed by atoms with Gasteiger partial charge in [0.15, 0.2) is 0 Å². The second-order valence-corrected chi connectivity index (χ2v) is 10.7. The number of aryl methyl sites for hydroxylation is 1. The molecule has 2 heterocycles. The van der Waals surface area contributed by atoms with Crippen molar-refractivity contribution in [3.05, 3.63) is 90.5 Å². The van der Waals surface area contributed by atoms with Gasteiger partial charge in [-0.05, 0) is 43.5 Å². The van der Waals surface area contributed by atoms with Crippen molar-refractivity contribution < 1.29 is 18.0 Å². The Morgan fingerprint density at radius 2 is 1.65 bits per heavy atom. The topological polar surface area (TPSA) is 113 Å². The van der Waals surface area contributed by atoms with Crippen LogP contribution in [0.5, 0.6) is 0 Å². The minimum Gasteiger partial charge on any atom is -0.324 e. The van der Waals surface area contributed by atoms with Gasteiger partial charge in [0.1, 0.15) is 6.33 Å². The highest BCUT2D eigenvalue weighted by molar-refractivity contribution is 7.89. The van der Waals surface area contributed by atoms with E-state index in [-0.39, 0.29) is 22.9 Å². The quantitative estimate of drug-likeness (QED) is 0.415. The Morgan fingerprint density at radius 1 is 0.946 bits per heavy atom. The molecule has 0 atom stereocenters. The molecule has 1 saturated heterocycles. The van der Waals surface area contributed by atoms with E-state index in [9.17, 15) is 18.0 Å². The summed E-state index contributed by atoms with van der Waals surface area (Å²) in [5.74, 6) is -0.256. The number of carbonyl (C=O) groups excluding carboxylic acids is 2. The fourth-order valence-electron chi connectivity index (χ4n) is 4.64. The number of piperidine rings is 1. The highest BCUT2D eigenvalue weighted by Gasteiger charge is 2.28. The zero-order chi connectivity index (χ0) is 26.0. The molecular formula is C27H27N5O4S. The van der Waals surface area contributed by atoms with Gasteiger partial charge in [-0.3, -0.25) is 9.36 Å². The van der Waals surface area contributed by atoms with Gasteiger partial charge in [-0.25, -0.2) is 22.9 Å². The average molecular weight is 518 g/mol. The first-order valence-corrected chi connectivity index (χ1v) is 13.5. The summed E-state index contributed by atoms with van der Waals surface area (Å²) in [6.07, 6.45) is 5.59. The molecule has 0 spiro atoms. The lowest BCUT2D eigenvalue weighted by Crippen LogP contribution is -2.47. The molecule has 0 radical (unpaired) electrons. The Bertz CT molecular complexity index is 1560. The van der Waals surface area contributed by atoms with Crippen molar-refractivity contribution in [3.8, 4) is 0 Å². The van der Waals surface area contributed by atoms with Gasteiger partial charge >= 0.3 is 6.03 Å². The van der Waals surface area contributed by atoms with Crippen LogP contribution in [0.1, 0.15) is 28.8 Å². The molecule has 2 amide bonds. The van der Waals surface area contributed by atoms with Crippen molar-refractivity contribution in [1.82, 2.24) is 19.2 Å². The zero-order valence-electron chi connectivity index (χ0n) is 20.3. The van der Waals surface area contributed by atoms with Crippen LogP contribution in [0, 0.1) is 6.92 Å². The molecule has 0 unspecified atom stereocenters. The molecule has 0 aliphatic carbocycles. The van der Waals surface area contributed by atoms with Gasteiger partial charge in [-0.15, -0.1) is 0 Å². The Morgan fingerprint density at radius 3 is 2.35 bits per heavy atom. The number of rotatable bonds is 5. The van der Waals surface area contributed by atoms with Gasteiger partial charge in [0.25, 0.3) is 5.91 Å². The molecule has 1 fully saturated rings. The highest BCUT2D eigenvalue weighted by atomic mass is 32.2. The molecule has 0 bridgehead atoms. The largest absolute Gasteiger partial charge is 0.329 e. The Balaban J connectivity index is 1.33. The predicted octanol–water partition coefficient (Wildman–Crippen LogP) is 4.01. The minimum atomic E-state index is -3.85. The van der Waals surface area contributed by atoms with Crippen LogP contribution in [0.3, 0.4) is 0 Å². The third-order valence-corrected chi connectivity index (χ3v) is 8.20. The van der Waals surface area contributed by atoms with Crippen LogP contribution >= 0.6 is 0 Å². The summed E-state index contributed by atoms with van der Waals surface area (Å²) in [5, 5.41) is 4.08. The summed E-state index contributed by atoms with van der Waals surface area (Å²) < 4.78 is 31.1. The Labute approximate surface area is 215 Å². The van der Waals surface area contributed by atoms with Gasteiger partial charge in [-0.1, -0.05) is 42.5 Å². The van der Waals surface area contributed by atoms with E-state index in [1.165, 1.54) is 17.0 Å². The van der Waals surface area contributed by atoms with Gasteiger partial charge in [0.2, 0.25) is 10.0 Å². The number of hydrogen-bond donors (Lipinski definition) is 2. The molecular weight excluding hydrogens is 490 g/mol. The molecule has 5 rings (SSSR count). The Hall–Kier alpha value is -4.02. The number of carbonyl (C=O) groups is 2. The molecule has 3 aromatic carbocycles. The summed E-state index contributed by atoms with van der Waals surface area (Å²) in [5.41, 5.74) is 1.95. The molecule has 190 valence electrons. The lowest BCUT2D eigenvalue weighted by molar-refractivity contribution is 0.102. The van der Waals surface area contributed by atoms with Crippen molar-refractivity contribution in [2.24, 2.45) is 0 Å². The molecule has 9 nitrogen and oxygen atoms in total. The number of nitrogens with one attached hydrogen (secondary N) is 2. The fraction of sp³-hybridized carbons (Fsp3) is 0.222. The van der Waals surface area contributed by atoms with Crippen molar-refractivity contribution in [3.63, 3.8) is 0 Å². The standard InChI is InChI=1S/C27H27N5O4S/c1-19-6-2-3-7-21(19)26(33)29-24-10-11-25(23-9-5-4-8-22(23)24)37(35,36)30-20-12-15-31(16-13-20)27(34)32-17-14-28-18-32/h2-11,14,17-18,20,30H,12-13,15-16H2,1H3,(H,29,33). The first kappa shape index (κ1) is 24.7. The van der Waals surface area contributed by atoms with Crippen LogP contribution in [0.25, 0.3) is 10.8 Å². The van der Waals surface area contributed by atoms with Crippen LogP contribution in [-0.4, -0.2) is 53.9 Å². The van der Waals surface area contributed by atoms with Crippen molar-refractivity contribution in [2.45, 2.75) is 30.7 Å². The zero-order valence-corrected chi connectivity index (χ0v) is 21.1. The second-order valence-electron chi connectivity index (χ2n) is 9.06. The number of imidazole rings is 1. The van der Waals surface area contributed by atoms with Gasteiger partial charge in [-0.2, -0.15) is 0 Å². The number of nitrogens with zero attached hydrogens (tertiary/aromatic N) is 3. The Kier molecular flexibility index (Phi) is 6.77. The molecule has 1 aromatic heterocycles. The van der Waals surface area contributed by atoms with Crippen molar-refractivity contribution in [1.29, 1.82) is 0 Å². The maximum Gasteiger partial charge on any atom is 0.329 e. The van der Waals surface area contributed by atoms with E-state index in [1.54, 1.807) is 53.7 Å². The van der Waals surface area contributed by atoms with Gasteiger partial charge < -0.3 is 10.2 Å². The highest BCUT2D eigenvalue weighted by Crippen LogP contribution is 2.30. The number of aromatic nitrogens is 2. The van der Waals surface area contributed by atoms with Crippen LogP contribution in [0.15, 0.2) is 84.3 Å². The normalized spacial score (nSPS) is 14.6. The van der Waals surface area contributed by atoms with E-state index >= 15 is 0 Å². The summed E-state index contributed by atoms with van der Waals surface area (Å²) in [7, 11) is -3.85. The minimum absolute atomic E-state index is 0.147. The third kappa shape index (κ3) is 5.11. The smallest absolute Gasteiger partial charge is 0.324 e. The maximum absolute atomic E-state index is 13.4. The first-order chi connectivity index (χ1) is 17.8. The number of anilines is 1. The van der Waals surface area contributed by atoms with E-state index in [2.05, 4.69) is 15.0 Å². The predicted molar refractivity (Wildman–Crippen MR) is 141 cm³/mol. The monoisotopic (exact) mass is 517 g/mol. The second kappa shape index (κ2) is 10.2. The summed E-state index contributed by atoms with van der Waals surface area (Å²) >= 11 is 0. The molecule has 37 heavy (non-hydrogen) atoms. The maximum atomic E-state index is 13.4. The number of benzene rings is 3. The fourth-order valence-corrected chi connectivity index (χ4v) is 6.16. The molecule has 10 heteroatoms. The molecule has 1 aliphatic rings. The SMILES string of the molecule is Cc1ccccc1C(=O)Nc1ccc(S(=O)(=O)NC2CCN(C(=O)n3ccnc3)CC2)c2ccccc12. The van der Waals surface area contributed by atoms with E-state index in [0.717, 1.165) is 5.56 Å². The van der Waals surface area contributed by atoms with E-state index in [1.807, 2.05) is 25.1 Å². The number of hydrogen-bond acceptors (Lipinski definition) is 5. The van der Waals surface area contributed by atoms with Crippen molar-refractivity contribution in [2.75, 3.05) is 18.4 Å². The molecule has 1 aliphatic heterocycles. The molecule has 0 saturated carbocycles. The van der Waals surface area contributed by atoms with E-state index < -0.39 is 10.0 Å². The molecule has 4 aromatic rings. The first-order valence-electron chi connectivity index (χ1n) is 12.0. The molecule has 2 N–H and O–H groups in total. The number of likely N-dealkylation sites (tertiary alicyclic amines) is 1.